The normalized spacial score (nSPS) is 24.6. The molecule has 1 heterocycles. The van der Waals surface area contributed by atoms with Gasteiger partial charge in [-0.3, -0.25) is 4.68 Å². The molecule has 0 spiro atoms. The lowest BCUT2D eigenvalue weighted by molar-refractivity contribution is -0.161. The number of carbonyl (C=O) groups excluding carboxylic acids is 1. The van der Waals surface area contributed by atoms with Gasteiger partial charge in [-0.05, 0) is 76.7 Å². The van der Waals surface area contributed by atoms with Crippen LogP contribution in [0.4, 0.5) is 4.79 Å². The smallest absolute Gasteiger partial charge is 0.497 e. The van der Waals surface area contributed by atoms with Crippen molar-refractivity contribution in [1.29, 1.82) is 0 Å². The number of aryl methyl sites for hydroxylation is 1. The third kappa shape index (κ3) is 5.99. The molecule has 1 aromatic heterocycles. The molecule has 0 radical (unpaired) electrons. The van der Waals surface area contributed by atoms with Crippen LogP contribution in [0.25, 0.3) is 11.3 Å². The van der Waals surface area contributed by atoms with E-state index in [2.05, 4.69) is 43.3 Å². The summed E-state index contributed by atoms with van der Waals surface area (Å²) in [6.07, 6.45) is 7.56. The molecule has 0 bridgehead atoms. The summed E-state index contributed by atoms with van der Waals surface area (Å²) in [5.74, 6) is 0.841. The van der Waals surface area contributed by atoms with E-state index in [0.717, 1.165) is 23.4 Å². The van der Waals surface area contributed by atoms with Crippen LogP contribution >= 0.6 is 0 Å². The summed E-state index contributed by atoms with van der Waals surface area (Å²) < 4.78 is 23.1. The van der Waals surface area contributed by atoms with E-state index in [9.17, 15) is 9.90 Å². The molecule has 2 aliphatic rings. The van der Waals surface area contributed by atoms with Gasteiger partial charge in [-0.15, -0.1) is 0 Å². The highest BCUT2D eigenvalue weighted by molar-refractivity contribution is 5.61. The monoisotopic (exact) mass is 496 g/mol. The minimum atomic E-state index is -1.05. The van der Waals surface area contributed by atoms with Gasteiger partial charge in [0.2, 0.25) is 6.29 Å². The Morgan fingerprint density at radius 3 is 2.58 bits per heavy atom. The molecule has 2 aliphatic carbocycles. The number of allylic oxidation sites excluding steroid dienone is 3. The van der Waals surface area contributed by atoms with E-state index in [-0.39, 0.29) is 18.8 Å². The number of rotatable bonds is 8. The SMILES string of the molecule is CCOC(=O)OC(C)OC1CCC(O)(c2cc(-c3ccc(C)cc3)n(C3C=CC(OC)=CC3)n2)CC1. The molecule has 0 amide bonds. The van der Waals surface area contributed by atoms with Crippen LogP contribution in [0.3, 0.4) is 0 Å². The summed E-state index contributed by atoms with van der Waals surface area (Å²) in [6, 6.07) is 10.4. The summed E-state index contributed by atoms with van der Waals surface area (Å²) in [5.41, 5.74) is 2.83. The van der Waals surface area contributed by atoms with Crippen LogP contribution in [0.2, 0.25) is 0 Å². The van der Waals surface area contributed by atoms with Gasteiger partial charge >= 0.3 is 6.16 Å². The van der Waals surface area contributed by atoms with Crippen LogP contribution in [-0.2, 0) is 24.5 Å². The molecule has 8 heteroatoms. The molecule has 1 fully saturated rings. The Kier molecular flexibility index (Phi) is 8.16. The summed E-state index contributed by atoms with van der Waals surface area (Å²) in [6.45, 7) is 5.71. The van der Waals surface area contributed by atoms with Crippen molar-refractivity contribution in [3.8, 4) is 11.3 Å². The van der Waals surface area contributed by atoms with Gasteiger partial charge in [-0.25, -0.2) is 4.79 Å². The summed E-state index contributed by atoms with van der Waals surface area (Å²) in [4.78, 5) is 11.5. The lowest BCUT2D eigenvalue weighted by Crippen LogP contribution is -2.36. The van der Waals surface area contributed by atoms with Gasteiger partial charge in [0.05, 0.1) is 37.3 Å². The van der Waals surface area contributed by atoms with Crippen molar-refractivity contribution in [3.05, 3.63) is 65.6 Å². The summed E-state index contributed by atoms with van der Waals surface area (Å²) in [7, 11) is 1.67. The number of nitrogens with zero attached hydrogens (tertiary/aromatic N) is 2. The molecule has 1 aromatic carbocycles. The molecule has 194 valence electrons. The zero-order chi connectivity index (χ0) is 25.7. The first kappa shape index (κ1) is 26.0. The Balaban J connectivity index is 1.51. The second kappa shape index (κ2) is 11.3. The standard InChI is InChI=1S/C28H36N2O6/c1-5-34-27(31)36-20(3)35-24-14-16-28(32,17-15-24)26-18-25(21-8-6-19(2)7-9-21)30(29-26)22-10-12-23(33-4)13-11-22/h6-10,12-13,18,20,22,24,32H,5,11,14-17H2,1-4H3. The number of ether oxygens (including phenoxy) is 4. The van der Waals surface area contributed by atoms with Crippen LogP contribution in [0.1, 0.15) is 63.3 Å². The van der Waals surface area contributed by atoms with Crippen LogP contribution in [0.15, 0.2) is 54.3 Å². The van der Waals surface area contributed by atoms with Crippen LogP contribution < -0.4 is 0 Å². The molecule has 2 unspecified atom stereocenters. The van der Waals surface area contributed by atoms with E-state index in [4.69, 9.17) is 24.0 Å². The molecular weight excluding hydrogens is 460 g/mol. The zero-order valence-corrected chi connectivity index (χ0v) is 21.5. The van der Waals surface area contributed by atoms with Crippen molar-refractivity contribution in [1.82, 2.24) is 9.78 Å². The molecular formula is C28H36N2O6. The van der Waals surface area contributed by atoms with Gasteiger partial charge in [-0.1, -0.05) is 35.9 Å². The van der Waals surface area contributed by atoms with Gasteiger partial charge in [0, 0.05) is 0 Å². The van der Waals surface area contributed by atoms with E-state index in [0.29, 0.717) is 31.4 Å². The molecule has 2 aromatic rings. The lowest BCUT2D eigenvalue weighted by atomic mass is 9.81. The molecule has 0 aliphatic heterocycles. The topological polar surface area (TPSA) is 92.0 Å². The third-order valence-corrected chi connectivity index (χ3v) is 6.82. The number of hydrogen-bond donors (Lipinski definition) is 1. The van der Waals surface area contributed by atoms with Crippen molar-refractivity contribution < 1.29 is 28.8 Å². The number of aliphatic hydroxyl groups is 1. The first-order valence-electron chi connectivity index (χ1n) is 12.6. The fourth-order valence-electron chi connectivity index (χ4n) is 4.78. The Labute approximate surface area is 212 Å². The molecule has 1 N–H and O–H groups in total. The van der Waals surface area contributed by atoms with Gasteiger partial charge in [0.15, 0.2) is 0 Å². The van der Waals surface area contributed by atoms with Crippen molar-refractivity contribution in [2.24, 2.45) is 0 Å². The first-order valence-corrected chi connectivity index (χ1v) is 12.6. The minimum absolute atomic E-state index is 0.0260. The Bertz CT molecular complexity index is 1100. The van der Waals surface area contributed by atoms with Crippen molar-refractivity contribution in [3.63, 3.8) is 0 Å². The Morgan fingerprint density at radius 2 is 1.97 bits per heavy atom. The van der Waals surface area contributed by atoms with Gasteiger partial charge in [0.1, 0.15) is 11.4 Å². The summed E-state index contributed by atoms with van der Waals surface area (Å²) >= 11 is 0. The van der Waals surface area contributed by atoms with E-state index >= 15 is 0 Å². The first-order chi connectivity index (χ1) is 17.3. The van der Waals surface area contributed by atoms with Gasteiger partial charge < -0.3 is 24.1 Å². The predicted molar refractivity (Wildman–Crippen MR) is 135 cm³/mol. The Hall–Kier alpha value is -3.10. The van der Waals surface area contributed by atoms with Crippen LogP contribution in [-0.4, -0.2) is 47.2 Å². The fourth-order valence-corrected chi connectivity index (χ4v) is 4.78. The van der Waals surface area contributed by atoms with Crippen molar-refractivity contribution in [2.45, 2.75) is 76.9 Å². The van der Waals surface area contributed by atoms with Crippen LogP contribution in [0, 0.1) is 6.92 Å². The second-order valence-electron chi connectivity index (χ2n) is 9.43. The third-order valence-electron chi connectivity index (χ3n) is 6.82. The van der Waals surface area contributed by atoms with E-state index in [1.807, 2.05) is 16.8 Å². The largest absolute Gasteiger partial charge is 0.510 e. The van der Waals surface area contributed by atoms with E-state index in [1.54, 1.807) is 21.0 Å². The maximum atomic E-state index is 11.6. The minimum Gasteiger partial charge on any atom is -0.497 e. The van der Waals surface area contributed by atoms with Crippen LogP contribution in [0.5, 0.6) is 0 Å². The number of aromatic nitrogens is 2. The quantitative estimate of drug-likeness (QED) is 0.378. The van der Waals surface area contributed by atoms with Gasteiger partial charge in [-0.2, -0.15) is 5.10 Å². The maximum Gasteiger partial charge on any atom is 0.510 e. The highest BCUT2D eigenvalue weighted by Crippen LogP contribution is 2.40. The number of hydrogen-bond acceptors (Lipinski definition) is 7. The summed E-state index contributed by atoms with van der Waals surface area (Å²) in [5, 5.41) is 16.6. The second-order valence-corrected chi connectivity index (χ2v) is 9.43. The average Bonchev–Trinajstić information content (AvgIpc) is 3.32. The van der Waals surface area contributed by atoms with E-state index in [1.165, 1.54) is 5.56 Å². The number of benzene rings is 1. The van der Waals surface area contributed by atoms with Gasteiger partial charge in [0.25, 0.3) is 0 Å². The molecule has 2 atom stereocenters. The highest BCUT2D eigenvalue weighted by Gasteiger charge is 2.39. The Morgan fingerprint density at radius 1 is 1.25 bits per heavy atom. The van der Waals surface area contributed by atoms with E-state index < -0.39 is 18.0 Å². The predicted octanol–water partition coefficient (Wildman–Crippen LogP) is 5.56. The molecule has 8 nitrogen and oxygen atoms in total. The van der Waals surface area contributed by atoms with Crippen molar-refractivity contribution >= 4 is 6.16 Å². The number of methoxy groups -OCH3 is 1. The zero-order valence-electron chi connectivity index (χ0n) is 21.5. The molecule has 36 heavy (non-hydrogen) atoms. The fraction of sp³-hybridized carbons (Fsp3) is 0.500. The maximum absolute atomic E-state index is 11.6. The lowest BCUT2D eigenvalue weighted by Gasteiger charge is -2.35. The van der Waals surface area contributed by atoms with Crippen molar-refractivity contribution in [2.75, 3.05) is 13.7 Å². The molecule has 4 rings (SSSR count). The average molecular weight is 497 g/mol. The molecule has 0 saturated heterocycles. The molecule has 1 saturated carbocycles. The number of carbonyl (C=O) groups is 1. The highest BCUT2D eigenvalue weighted by atomic mass is 16.8.